The van der Waals surface area contributed by atoms with Crippen molar-refractivity contribution in [1.29, 1.82) is 0 Å². The zero-order valence-corrected chi connectivity index (χ0v) is 11.3. The number of pyridine rings is 1. The molecule has 0 aliphatic heterocycles. The highest BCUT2D eigenvalue weighted by molar-refractivity contribution is 5.41. The molecule has 1 unspecified atom stereocenters. The lowest BCUT2D eigenvalue weighted by Crippen LogP contribution is -2.27. The minimum atomic E-state index is -4.33. The first-order chi connectivity index (χ1) is 10.0. The van der Waals surface area contributed by atoms with Crippen molar-refractivity contribution in [2.45, 2.75) is 31.5 Å². The Morgan fingerprint density at radius 2 is 1.86 bits per heavy atom. The molecule has 1 aromatic carbocycles. The summed E-state index contributed by atoms with van der Waals surface area (Å²) in [6.45, 7) is 0. The number of rotatable bonds is 2. The van der Waals surface area contributed by atoms with Gasteiger partial charge in [0, 0.05) is 12.2 Å². The van der Waals surface area contributed by atoms with E-state index in [4.69, 9.17) is 0 Å². The summed E-state index contributed by atoms with van der Waals surface area (Å²) in [4.78, 5) is 3.99. The lowest BCUT2D eigenvalue weighted by atomic mass is 9.88. The monoisotopic (exact) mass is 292 g/mol. The topological polar surface area (TPSA) is 24.9 Å². The van der Waals surface area contributed by atoms with E-state index >= 15 is 0 Å². The summed E-state index contributed by atoms with van der Waals surface area (Å²) in [5.41, 5.74) is 1.91. The van der Waals surface area contributed by atoms with E-state index in [0.29, 0.717) is 0 Å². The maximum Gasteiger partial charge on any atom is 0.416 e. The molecule has 2 nitrogen and oxygen atoms in total. The second-order valence-corrected chi connectivity index (χ2v) is 5.28. The molecule has 0 bridgehead atoms. The van der Waals surface area contributed by atoms with E-state index in [1.165, 1.54) is 17.3 Å². The molecule has 5 heteroatoms. The lowest BCUT2D eigenvalue weighted by Gasteiger charge is -2.26. The quantitative estimate of drug-likeness (QED) is 0.902. The second-order valence-electron chi connectivity index (χ2n) is 5.28. The van der Waals surface area contributed by atoms with Crippen molar-refractivity contribution in [1.82, 2.24) is 4.98 Å². The van der Waals surface area contributed by atoms with Gasteiger partial charge in [-0.2, -0.15) is 13.2 Å². The molecule has 2 aromatic rings. The van der Waals surface area contributed by atoms with Crippen molar-refractivity contribution in [3.05, 3.63) is 59.3 Å². The first-order valence-electron chi connectivity index (χ1n) is 6.89. The molecule has 0 fully saturated rings. The Balaban J connectivity index is 1.74. The van der Waals surface area contributed by atoms with Gasteiger partial charge in [0.15, 0.2) is 0 Å². The summed E-state index contributed by atoms with van der Waals surface area (Å²) in [6.07, 6.45) is -0.490. The first kappa shape index (κ1) is 13.9. The van der Waals surface area contributed by atoms with E-state index in [1.807, 2.05) is 12.1 Å². The van der Waals surface area contributed by atoms with Crippen LogP contribution in [0, 0.1) is 0 Å². The molecule has 21 heavy (non-hydrogen) atoms. The highest BCUT2D eigenvalue weighted by Crippen LogP contribution is 2.30. The summed E-state index contributed by atoms with van der Waals surface area (Å²) in [5, 5.41) is 3.12. The van der Waals surface area contributed by atoms with E-state index in [0.717, 1.165) is 31.4 Å². The number of hydrogen-bond acceptors (Lipinski definition) is 2. The van der Waals surface area contributed by atoms with E-state index in [1.54, 1.807) is 0 Å². The van der Waals surface area contributed by atoms with Gasteiger partial charge in [-0.05, 0) is 42.5 Å². The normalized spacial score (nSPS) is 18.1. The highest BCUT2D eigenvalue weighted by Gasteiger charge is 2.31. The van der Waals surface area contributed by atoms with Crippen LogP contribution in [0.4, 0.5) is 19.0 Å². The van der Waals surface area contributed by atoms with Gasteiger partial charge in [0.2, 0.25) is 0 Å². The molecule has 1 atom stereocenters. The average molecular weight is 292 g/mol. The third-order valence-corrected chi connectivity index (χ3v) is 3.79. The van der Waals surface area contributed by atoms with Crippen molar-refractivity contribution in [3.8, 4) is 0 Å². The van der Waals surface area contributed by atoms with Crippen LogP contribution in [-0.4, -0.2) is 11.0 Å². The fourth-order valence-electron chi connectivity index (χ4n) is 2.72. The molecular weight excluding hydrogens is 277 g/mol. The number of fused-ring (bicyclic) bond motifs is 1. The van der Waals surface area contributed by atoms with Crippen LogP contribution < -0.4 is 5.32 Å². The van der Waals surface area contributed by atoms with E-state index in [2.05, 4.69) is 22.4 Å². The van der Waals surface area contributed by atoms with Gasteiger partial charge in [-0.25, -0.2) is 4.98 Å². The number of nitrogens with zero attached hydrogens (tertiary/aromatic N) is 1. The van der Waals surface area contributed by atoms with Crippen molar-refractivity contribution in [2.75, 3.05) is 5.32 Å². The van der Waals surface area contributed by atoms with Gasteiger partial charge in [-0.15, -0.1) is 0 Å². The number of alkyl halides is 3. The van der Waals surface area contributed by atoms with Gasteiger partial charge < -0.3 is 5.32 Å². The molecule has 1 aliphatic carbocycles. The fourth-order valence-corrected chi connectivity index (χ4v) is 2.72. The third-order valence-electron chi connectivity index (χ3n) is 3.79. The second kappa shape index (κ2) is 5.39. The van der Waals surface area contributed by atoms with Gasteiger partial charge >= 0.3 is 6.18 Å². The van der Waals surface area contributed by atoms with Crippen LogP contribution in [0.1, 0.15) is 23.1 Å². The molecule has 0 amide bonds. The number of nitrogens with one attached hydrogen (secondary N) is 1. The maximum atomic E-state index is 12.7. The third kappa shape index (κ3) is 3.17. The Labute approximate surface area is 121 Å². The van der Waals surface area contributed by atoms with Crippen molar-refractivity contribution in [3.63, 3.8) is 0 Å². The summed E-state index contributed by atoms with van der Waals surface area (Å²) in [7, 11) is 0. The van der Waals surface area contributed by atoms with Crippen LogP contribution in [0.5, 0.6) is 0 Å². The molecule has 1 heterocycles. The molecule has 1 aliphatic rings. The van der Waals surface area contributed by atoms with Crippen LogP contribution in [-0.2, 0) is 19.0 Å². The number of aryl methyl sites for hydroxylation is 1. The minimum Gasteiger partial charge on any atom is -0.367 e. The van der Waals surface area contributed by atoms with Crippen molar-refractivity contribution in [2.24, 2.45) is 0 Å². The molecule has 0 saturated heterocycles. The Kier molecular flexibility index (Phi) is 3.57. The molecule has 0 saturated carbocycles. The van der Waals surface area contributed by atoms with Crippen molar-refractivity contribution < 1.29 is 13.2 Å². The van der Waals surface area contributed by atoms with Crippen LogP contribution in [0.3, 0.4) is 0 Å². The van der Waals surface area contributed by atoms with Crippen molar-refractivity contribution >= 4 is 5.82 Å². The summed E-state index contributed by atoms with van der Waals surface area (Å²) in [6, 6.07) is 10.4. The van der Waals surface area contributed by atoms with Crippen LogP contribution in [0.15, 0.2) is 42.6 Å². The zero-order chi connectivity index (χ0) is 14.9. The van der Waals surface area contributed by atoms with Crippen LogP contribution in [0.25, 0.3) is 0 Å². The van der Waals surface area contributed by atoms with Gasteiger partial charge in [0.25, 0.3) is 0 Å². The standard InChI is InChI=1S/C16H15F3N2/c17-16(18,19)13-7-8-20-15(10-13)21-14-6-5-11-3-1-2-4-12(11)9-14/h1-4,7-8,10,14H,5-6,9H2,(H,20,21). The SMILES string of the molecule is FC(F)(F)c1ccnc(NC2CCc3ccccc3C2)c1. The molecule has 1 aromatic heterocycles. The smallest absolute Gasteiger partial charge is 0.367 e. The number of anilines is 1. The van der Waals surface area contributed by atoms with Gasteiger partial charge in [-0.1, -0.05) is 24.3 Å². The van der Waals surface area contributed by atoms with Gasteiger partial charge in [0.1, 0.15) is 5.82 Å². The zero-order valence-electron chi connectivity index (χ0n) is 11.3. The number of aromatic nitrogens is 1. The van der Waals surface area contributed by atoms with Gasteiger partial charge in [-0.3, -0.25) is 0 Å². The Bertz CT molecular complexity index is 637. The predicted molar refractivity (Wildman–Crippen MR) is 75.1 cm³/mol. The maximum absolute atomic E-state index is 12.7. The predicted octanol–water partition coefficient (Wildman–Crippen LogP) is 4.07. The highest BCUT2D eigenvalue weighted by atomic mass is 19.4. The van der Waals surface area contributed by atoms with Crippen LogP contribution >= 0.6 is 0 Å². The first-order valence-corrected chi connectivity index (χ1v) is 6.89. The molecule has 110 valence electrons. The molecule has 0 spiro atoms. The molecule has 1 N–H and O–H groups in total. The number of hydrogen-bond donors (Lipinski definition) is 1. The van der Waals surface area contributed by atoms with E-state index < -0.39 is 11.7 Å². The number of benzene rings is 1. The summed E-state index contributed by atoms with van der Waals surface area (Å²) < 4.78 is 38.1. The Morgan fingerprint density at radius 3 is 2.62 bits per heavy atom. The molecule has 3 rings (SSSR count). The average Bonchev–Trinajstić information content (AvgIpc) is 2.46. The molecular formula is C16H15F3N2. The molecule has 0 radical (unpaired) electrons. The fraction of sp³-hybridized carbons (Fsp3) is 0.312. The summed E-state index contributed by atoms with van der Waals surface area (Å²) in [5.74, 6) is 0.286. The minimum absolute atomic E-state index is 0.121. The summed E-state index contributed by atoms with van der Waals surface area (Å²) >= 11 is 0. The van der Waals surface area contributed by atoms with Gasteiger partial charge in [0.05, 0.1) is 5.56 Å². The van der Waals surface area contributed by atoms with E-state index in [-0.39, 0.29) is 11.9 Å². The van der Waals surface area contributed by atoms with Crippen LogP contribution in [0.2, 0.25) is 0 Å². The Morgan fingerprint density at radius 1 is 1.10 bits per heavy atom. The van der Waals surface area contributed by atoms with E-state index in [9.17, 15) is 13.2 Å². The largest absolute Gasteiger partial charge is 0.416 e. The Hall–Kier alpha value is -2.04. The number of halogens is 3. The lowest BCUT2D eigenvalue weighted by molar-refractivity contribution is -0.137.